The average molecular weight is 442 g/mol. The number of methoxy groups -OCH3 is 1. The predicted octanol–water partition coefficient (Wildman–Crippen LogP) is 5.94. The quantitative estimate of drug-likeness (QED) is 0.544. The number of thioether (sulfide) groups is 1. The molecule has 0 aliphatic carbocycles. The largest absolute Gasteiger partial charge is 0.497 e. The van der Waals surface area contributed by atoms with E-state index in [1.54, 1.807) is 18.9 Å². The van der Waals surface area contributed by atoms with Crippen molar-refractivity contribution in [1.29, 1.82) is 0 Å². The summed E-state index contributed by atoms with van der Waals surface area (Å²) >= 11 is 1.60. The van der Waals surface area contributed by atoms with Crippen LogP contribution in [-0.4, -0.2) is 18.2 Å². The maximum absolute atomic E-state index is 13.6. The van der Waals surface area contributed by atoms with E-state index in [2.05, 4.69) is 22.3 Å². The fourth-order valence-electron chi connectivity index (χ4n) is 4.15. The number of anilines is 2. The zero-order valence-electron chi connectivity index (χ0n) is 18.1. The average Bonchev–Trinajstić information content (AvgIpc) is 3.16. The smallest absolute Gasteiger partial charge is 0.255 e. The standard InChI is InChI=1S/C26H23N3O2S/c1-16-9-7-8-12-20(16)28-25(30)23-17(2)27-26-29(24(23)18-10-5-4-6-11-18)21-14-13-19(31-3)15-22(21)32-26/h4-15,24H,1-3H3,(H,28,30). The molecule has 5 rings (SSSR count). The number of hydrogen-bond donors (Lipinski definition) is 1. The molecule has 0 bridgehead atoms. The number of amides is 1. The SMILES string of the molecule is COc1ccc2c(c1)SC1=NC(C)=C(C(=O)Nc3ccccc3C)C(c3ccccc3)N12. The van der Waals surface area contributed by atoms with Crippen molar-refractivity contribution in [3.63, 3.8) is 0 Å². The number of aryl methyl sites for hydroxylation is 1. The zero-order chi connectivity index (χ0) is 22.2. The van der Waals surface area contributed by atoms with Crippen molar-refractivity contribution in [2.75, 3.05) is 17.3 Å². The Bertz CT molecular complexity index is 1270. The molecule has 32 heavy (non-hydrogen) atoms. The van der Waals surface area contributed by atoms with Crippen molar-refractivity contribution in [3.8, 4) is 5.75 Å². The topological polar surface area (TPSA) is 53.9 Å². The highest BCUT2D eigenvalue weighted by Crippen LogP contribution is 2.50. The maximum Gasteiger partial charge on any atom is 0.255 e. The van der Waals surface area contributed by atoms with Crippen LogP contribution >= 0.6 is 11.8 Å². The number of carbonyl (C=O) groups is 1. The van der Waals surface area contributed by atoms with E-state index in [0.29, 0.717) is 5.57 Å². The molecule has 5 nitrogen and oxygen atoms in total. The van der Waals surface area contributed by atoms with Gasteiger partial charge in [-0.3, -0.25) is 4.79 Å². The third kappa shape index (κ3) is 3.46. The Morgan fingerprint density at radius 3 is 2.53 bits per heavy atom. The van der Waals surface area contributed by atoms with Gasteiger partial charge in [-0.2, -0.15) is 0 Å². The third-order valence-electron chi connectivity index (χ3n) is 5.77. The second kappa shape index (κ2) is 8.20. The van der Waals surface area contributed by atoms with Crippen molar-refractivity contribution in [2.45, 2.75) is 24.8 Å². The molecule has 1 unspecified atom stereocenters. The number of allylic oxidation sites excluding steroid dienone is 1. The van der Waals surface area contributed by atoms with Crippen LogP contribution in [0, 0.1) is 6.92 Å². The molecule has 0 spiro atoms. The Hall–Kier alpha value is -3.51. The van der Waals surface area contributed by atoms with Gasteiger partial charge >= 0.3 is 0 Å². The van der Waals surface area contributed by atoms with Crippen molar-refractivity contribution in [2.24, 2.45) is 4.99 Å². The van der Waals surface area contributed by atoms with E-state index in [1.165, 1.54) is 0 Å². The summed E-state index contributed by atoms with van der Waals surface area (Å²) in [7, 11) is 1.67. The first-order valence-electron chi connectivity index (χ1n) is 10.4. The van der Waals surface area contributed by atoms with Crippen molar-refractivity contribution >= 4 is 34.2 Å². The van der Waals surface area contributed by atoms with Gasteiger partial charge in [0.15, 0.2) is 5.17 Å². The molecular weight excluding hydrogens is 418 g/mol. The van der Waals surface area contributed by atoms with Crippen LogP contribution in [0.2, 0.25) is 0 Å². The fraction of sp³-hybridized carbons (Fsp3) is 0.154. The minimum Gasteiger partial charge on any atom is -0.497 e. The summed E-state index contributed by atoms with van der Waals surface area (Å²) < 4.78 is 5.42. The molecule has 0 saturated carbocycles. The van der Waals surface area contributed by atoms with E-state index in [4.69, 9.17) is 9.73 Å². The number of fused-ring (bicyclic) bond motifs is 3. The number of benzene rings is 3. The van der Waals surface area contributed by atoms with Crippen LogP contribution in [0.25, 0.3) is 0 Å². The highest BCUT2D eigenvalue weighted by molar-refractivity contribution is 8.14. The van der Waals surface area contributed by atoms with E-state index in [0.717, 1.165) is 44.0 Å². The lowest BCUT2D eigenvalue weighted by Gasteiger charge is -2.35. The monoisotopic (exact) mass is 441 g/mol. The molecule has 1 N–H and O–H groups in total. The number of ether oxygens (including phenoxy) is 1. The normalized spacial score (nSPS) is 16.9. The number of para-hydroxylation sites is 1. The van der Waals surface area contributed by atoms with Crippen LogP contribution in [0.3, 0.4) is 0 Å². The molecule has 0 saturated heterocycles. The van der Waals surface area contributed by atoms with Gasteiger partial charge in [-0.15, -0.1) is 0 Å². The number of aliphatic imine (C=N–C) groups is 1. The zero-order valence-corrected chi connectivity index (χ0v) is 18.9. The molecule has 1 atom stereocenters. The van der Waals surface area contributed by atoms with Gasteiger partial charge in [0.25, 0.3) is 5.91 Å². The summed E-state index contributed by atoms with van der Waals surface area (Å²) in [6, 6.07) is 23.7. The number of amidine groups is 1. The molecule has 160 valence electrons. The number of nitrogens with zero attached hydrogens (tertiary/aromatic N) is 2. The maximum atomic E-state index is 13.6. The summed E-state index contributed by atoms with van der Waals surface area (Å²) in [5, 5.41) is 3.98. The number of hydrogen-bond acceptors (Lipinski definition) is 5. The molecule has 2 heterocycles. The van der Waals surface area contributed by atoms with Crippen LogP contribution in [0.15, 0.2) is 94.0 Å². The molecular formula is C26H23N3O2S. The van der Waals surface area contributed by atoms with E-state index in [1.807, 2.05) is 74.5 Å². The molecule has 3 aromatic rings. The van der Waals surface area contributed by atoms with Crippen LogP contribution in [0.1, 0.15) is 24.1 Å². The van der Waals surface area contributed by atoms with Gasteiger partial charge in [0.05, 0.1) is 30.1 Å². The Labute approximate surface area is 191 Å². The summed E-state index contributed by atoms with van der Waals surface area (Å²) in [6.45, 7) is 3.90. The van der Waals surface area contributed by atoms with Crippen LogP contribution in [0.5, 0.6) is 5.75 Å². The second-order valence-corrected chi connectivity index (χ2v) is 8.79. The lowest BCUT2D eigenvalue weighted by atomic mass is 9.93. The van der Waals surface area contributed by atoms with Crippen molar-refractivity contribution < 1.29 is 9.53 Å². The minimum absolute atomic E-state index is 0.139. The van der Waals surface area contributed by atoms with E-state index in [9.17, 15) is 4.79 Å². The summed E-state index contributed by atoms with van der Waals surface area (Å²) in [5.74, 6) is 0.663. The molecule has 0 aromatic heterocycles. The number of nitrogens with one attached hydrogen (secondary N) is 1. The lowest BCUT2D eigenvalue weighted by Crippen LogP contribution is -2.38. The molecule has 2 aliphatic rings. The lowest BCUT2D eigenvalue weighted by molar-refractivity contribution is -0.113. The van der Waals surface area contributed by atoms with E-state index < -0.39 is 0 Å². The first-order valence-corrected chi connectivity index (χ1v) is 11.2. The number of carbonyl (C=O) groups excluding carboxylic acids is 1. The van der Waals surface area contributed by atoms with Gasteiger partial charge in [-0.1, -0.05) is 48.5 Å². The molecule has 1 amide bonds. The van der Waals surface area contributed by atoms with E-state index >= 15 is 0 Å². The van der Waals surface area contributed by atoms with Crippen molar-refractivity contribution in [1.82, 2.24) is 0 Å². The minimum atomic E-state index is -0.283. The van der Waals surface area contributed by atoms with Gasteiger partial charge in [0.1, 0.15) is 5.75 Å². The Morgan fingerprint density at radius 1 is 1.03 bits per heavy atom. The Balaban J connectivity index is 1.62. The first-order chi connectivity index (χ1) is 15.6. The van der Waals surface area contributed by atoms with Gasteiger partial charge in [-0.05, 0) is 61.0 Å². The third-order valence-corrected chi connectivity index (χ3v) is 6.79. The second-order valence-electron chi connectivity index (χ2n) is 7.78. The van der Waals surface area contributed by atoms with Gasteiger partial charge in [0, 0.05) is 10.6 Å². The molecule has 2 aliphatic heterocycles. The fourth-order valence-corrected chi connectivity index (χ4v) is 5.28. The van der Waals surface area contributed by atoms with Gasteiger partial charge in [-0.25, -0.2) is 4.99 Å². The molecule has 6 heteroatoms. The predicted molar refractivity (Wildman–Crippen MR) is 130 cm³/mol. The van der Waals surface area contributed by atoms with Gasteiger partial charge < -0.3 is 15.0 Å². The summed E-state index contributed by atoms with van der Waals surface area (Å²) in [4.78, 5) is 21.7. The summed E-state index contributed by atoms with van der Waals surface area (Å²) in [6.07, 6.45) is 0. The van der Waals surface area contributed by atoms with Gasteiger partial charge in [0.2, 0.25) is 0 Å². The summed E-state index contributed by atoms with van der Waals surface area (Å²) in [5.41, 5.74) is 5.26. The Kier molecular flexibility index (Phi) is 5.23. The van der Waals surface area contributed by atoms with E-state index in [-0.39, 0.29) is 11.9 Å². The molecule has 0 radical (unpaired) electrons. The van der Waals surface area contributed by atoms with Crippen LogP contribution < -0.4 is 15.0 Å². The highest BCUT2D eigenvalue weighted by atomic mass is 32.2. The molecule has 3 aromatic carbocycles. The first kappa shape index (κ1) is 20.4. The molecule has 0 fully saturated rings. The Morgan fingerprint density at radius 2 is 1.78 bits per heavy atom. The highest BCUT2D eigenvalue weighted by Gasteiger charge is 2.41. The van der Waals surface area contributed by atoms with Crippen LogP contribution in [0.4, 0.5) is 11.4 Å². The number of rotatable bonds is 4. The van der Waals surface area contributed by atoms with Crippen LogP contribution in [-0.2, 0) is 4.79 Å². The van der Waals surface area contributed by atoms with Crippen molar-refractivity contribution in [3.05, 3.63) is 95.2 Å².